The summed E-state index contributed by atoms with van der Waals surface area (Å²) in [6, 6.07) is 3.62. The quantitative estimate of drug-likeness (QED) is 0.841. The first-order valence-electron chi connectivity index (χ1n) is 6.97. The van der Waals surface area contributed by atoms with Crippen LogP contribution >= 0.6 is 0 Å². The van der Waals surface area contributed by atoms with Gasteiger partial charge in [-0.3, -0.25) is 4.72 Å². The lowest BCUT2D eigenvalue weighted by Crippen LogP contribution is -2.44. The van der Waals surface area contributed by atoms with Crippen LogP contribution in [-0.4, -0.2) is 25.3 Å². The van der Waals surface area contributed by atoms with Gasteiger partial charge in [0, 0.05) is 12.6 Å². The van der Waals surface area contributed by atoms with Crippen LogP contribution in [0.15, 0.2) is 12.1 Å². The van der Waals surface area contributed by atoms with Crippen LogP contribution in [0.1, 0.15) is 37.3 Å². The Bertz CT molecular complexity index is 599. The summed E-state index contributed by atoms with van der Waals surface area (Å²) in [6.07, 6.45) is 2.90. The van der Waals surface area contributed by atoms with Gasteiger partial charge >= 0.3 is 10.2 Å². The molecule has 6 heteroatoms. The molecule has 5 nitrogen and oxygen atoms in total. The average Bonchev–Trinajstić information content (AvgIpc) is 2.36. The van der Waals surface area contributed by atoms with Gasteiger partial charge in [-0.1, -0.05) is 6.42 Å². The second kappa shape index (κ2) is 5.61. The van der Waals surface area contributed by atoms with Crippen molar-refractivity contribution >= 4 is 21.6 Å². The summed E-state index contributed by atoms with van der Waals surface area (Å²) in [4.78, 5) is 0. The summed E-state index contributed by atoms with van der Waals surface area (Å²) in [5.41, 5.74) is 8.91. The Hall–Kier alpha value is -1.27. The fraction of sp³-hybridized carbons (Fsp3) is 0.571. The van der Waals surface area contributed by atoms with Crippen molar-refractivity contribution in [3.05, 3.63) is 23.3 Å². The number of nitrogen functional groups attached to an aromatic ring is 1. The zero-order valence-electron chi connectivity index (χ0n) is 12.3. The molecule has 3 N–H and O–H groups in total. The summed E-state index contributed by atoms with van der Waals surface area (Å²) in [5, 5.41) is 0. The number of nitrogens with one attached hydrogen (secondary N) is 1. The molecule has 0 spiro atoms. The normalized spacial score (nSPS) is 20.9. The first kappa shape index (κ1) is 15.1. The van der Waals surface area contributed by atoms with Crippen molar-refractivity contribution in [2.45, 2.75) is 46.1 Å². The van der Waals surface area contributed by atoms with E-state index in [0.29, 0.717) is 17.9 Å². The standard InChI is InChI=1S/C14H23N3O2S/c1-10-8-13(15)14(9-11(10)2)16-20(18,19)17-7-5-4-6-12(17)3/h8-9,12,16H,4-7,15H2,1-3H3. The molecule has 112 valence electrons. The van der Waals surface area contributed by atoms with Crippen molar-refractivity contribution in [3.8, 4) is 0 Å². The summed E-state index contributed by atoms with van der Waals surface area (Å²) in [7, 11) is -3.53. The first-order chi connectivity index (χ1) is 9.31. The van der Waals surface area contributed by atoms with E-state index in [-0.39, 0.29) is 6.04 Å². The lowest BCUT2D eigenvalue weighted by molar-refractivity contribution is 0.270. The zero-order valence-corrected chi connectivity index (χ0v) is 13.1. The highest BCUT2D eigenvalue weighted by Crippen LogP contribution is 2.27. The zero-order chi connectivity index (χ0) is 14.9. The van der Waals surface area contributed by atoms with Gasteiger partial charge in [0.15, 0.2) is 0 Å². The van der Waals surface area contributed by atoms with Crippen molar-refractivity contribution in [2.24, 2.45) is 0 Å². The second-order valence-corrected chi connectivity index (χ2v) is 7.21. The minimum Gasteiger partial charge on any atom is -0.397 e. The smallest absolute Gasteiger partial charge is 0.301 e. The number of rotatable bonds is 3. The maximum atomic E-state index is 12.5. The molecule has 1 aliphatic rings. The fourth-order valence-electron chi connectivity index (χ4n) is 2.55. The van der Waals surface area contributed by atoms with Crippen LogP contribution in [0, 0.1) is 13.8 Å². The Morgan fingerprint density at radius 3 is 2.55 bits per heavy atom. The van der Waals surface area contributed by atoms with Crippen LogP contribution in [0.5, 0.6) is 0 Å². The molecule has 2 rings (SSSR count). The number of nitrogens with zero attached hydrogens (tertiary/aromatic N) is 1. The highest BCUT2D eigenvalue weighted by atomic mass is 32.2. The van der Waals surface area contributed by atoms with Crippen LogP contribution in [0.25, 0.3) is 0 Å². The topological polar surface area (TPSA) is 75.4 Å². The molecule has 0 aliphatic carbocycles. The molecule has 1 atom stereocenters. The van der Waals surface area contributed by atoms with Gasteiger partial charge in [0.1, 0.15) is 0 Å². The van der Waals surface area contributed by atoms with E-state index in [1.807, 2.05) is 20.8 Å². The molecule has 0 amide bonds. The molecule has 1 aliphatic heterocycles. The van der Waals surface area contributed by atoms with E-state index in [0.717, 1.165) is 30.4 Å². The molecular formula is C14H23N3O2S. The van der Waals surface area contributed by atoms with Gasteiger partial charge < -0.3 is 5.73 Å². The van der Waals surface area contributed by atoms with Crippen molar-refractivity contribution < 1.29 is 8.42 Å². The van der Waals surface area contributed by atoms with Gasteiger partial charge in [-0.15, -0.1) is 0 Å². The molecule has 0 saturated carbocycles. The summed E-state index contributed by atoms with van der Waals surface area (Å²) in [5.74, 6) is 0. The molecule has 1 heterocycles. The molecule has 1 aromatic rings. The summed E-state index contributed by atoms with van der Waals surface area (Å²) >= 11 is 0. The van der Waals surface area contributed by atoms with Gasteiger partial charge in [-0.25, -0.2) is 0 Å². The fourth-order valence-corrected chi connectivity index (χ4v) is 4.07. The van der Waals surface area contributed by atoms with Crippen LogP contribution in [0.3, 0.4) is 0 Å². The minimum absolute atomic E-state index is 0.0361. The van der Waals surface area contributed by atoms with Gasteiger partial charge in [0.2, 0.25) is 0 Å². The molecule has 0 bridgehead atoms. The lowest BCUT2D eigenvalue weighted by Gasteiger charge is -2.32. The molecule has 20 heavy (non-hydrogen) atoms. The van der Waals surface area contributed by atoms with Crippen LogP contribution < -0.4 is 10.5 Å². The molecular weight excluding hydrogens is 274 g/mol. The van der Waals surface area contributed by atoms with Crippen LogP contribution in [0.2, 0.25) is 0 Å². The molecule has 1 saturated heterocycles. The monoisotopic (exact) mass is 297 g/mol. The highest BCUT2D eigenvalue weighted by Gasteiger charge is 2.29. The van der Waals surface area contributed by atoms with Gasteiger partial charge in [-0.05, 0) is 56.9 Å². The van der Waals surface area contributed by atoms with E-state index in [2.05, 4.69) is 4.72 Å². The van der Waals surface area contributed by atoms with Crippen molar-refractivity contribution in [3.63, 3.8) is 0 Å². The van der Waals surface area contributed by atoms with E-state index in [1.54, 1.807) is 12.1 Å². The van der Waals surface area contributed by atoms with E-state index in [4.69, 9.17) is 5.73 Å². The Balaban J connectivity index is 2.26. The Morgan fingerprint density at radius 2 is 1.90 bits per heavy atom. The molecule has 1 aromatic carbocycles. The van der Waals surface area contributed by atoms with Crippen LogP contribution in [0.4, 0.5) is 11.4 Å². The van der Waals surface area contributed by atoms with Crippen molar-refractivity contribution in [2.75, 3.05) is 17.0 Å². The van der Waals surface area contributed by atoms with Crippen molar-refractivity contribution in [1.82, 2.24) is 4.31 Å². The third-order valence-electron chi connectivity index (χ3n) is 3.96. The Labute approximate surface area is 121 Å². The Morgan fingerprint density at radius 1 is 1.25 bits per heavy atom. The number of anilines is 2. The highest BCUT2D eigenvalue weighted by molar-refractivity contribution is 7.90. The van der Waals surface area contributed by atoms with Gasteiger partial charge in [0.05, 0.1) is 11.4 Å². The molecule has 1 fully saturated rings. The molecule has 0 aromatic heterocycles. The van der Waals surface area contributed by atoms with E-state index in [1.165, 1.54) is 4.31 Å². The lowest BCUT2D eigenvalue weighted by atomic mass is 10.1. The number of hydrogen-bond donors (Lipinski definition) is 2. The number of hydrogen-bond acceptors (Lipinski definition) is 3. The predicted molar refractivity (Wildman–Crippen MR) is 82.9 cm³/mol. The van der Waals surface area contributed by atoms with Crippen LogP contribution in [-0.2, 0) is 10.2 Å². The van der Waals surface area contributed by atoms with E-state index in [9.17, 15) is 8.42 Å². The Kier molecular flexibility index (Phi) is 4.25. The van der Waals surface area contributed by atoms with E-state index < -0.39 is 10.2 Å². The van der Waals surface area contributed by atoms with E-state index >= 15 is 0 Å². The molecule has 0 radical (unpaired) electrons. The number of benzene rings is 1. The number of nitrogens with two attached hydrogens (primary N) is 1. The average molecular weight is 297 g/mol. The maximum Gasteiger partial charge on any atom is 0.301 e. The second-order valence-electron chi connectivity index (χ2n) is 5.59. The minimum atomic E-state index is -3.53. The third kappa shape index (κ3) is 3.07. The van der Waals surface area contributed by atoms with Crippen molar-refractivity contribution in [1.29, 1.82) is 0 Å². The summed E-state index contributed by atoms with van der Waals surface area (Å²) < 4.78 is 29.1. The predicted octanol–water partition coefficient (Wildman–Crippen LogP) is 2.42. The third-order valence-corrected chi connectivity index (χ3v) is 5.59. The largest absolute Gasteiger partial charge is 0.397 e. The first-order valence-corrected chi connectivity index (χ1v) is 8.41. The summed E-state index contributed by atoms with van der Waals surface area (Å²) in [6.45, 7) is 6.41. The number of piperidine rings is 1. The maximum absolute atomic E-state index is 12.5. The SMILES string of the molecule is Cc1cc(N)c(NS(=O)(=O)N2CCCCC2C)cc1C. The molecule has 1 unspecified atom stereocenters. The van der Waals surface area contributed by atoms with Gasteiger partial charge in [0.25, 0.3) is 0 Å². The van der Waals surface area contributed by atoms with Gasteiger partial charge in [-0.2, -0.15) is 12.7 Å². The number of aryl methyl sites for hydroxylation is 2.